The number of hydrogen-bond donors (Lipinski definition) is 2. The molecule has 1 aliphatic heterocycles. The van der Waals surface area contributed by atoms with E-state index in [2.05, 4.69) is 22.0 Å². The average Bonchev–Trinajstić information content (AvgIpc) is 3.11. The van der Waals surface area contributed by atoms with Gasteiger partial charge in [-0.25, -0.2) is 9.37 Å². The highest BCUT2D eigenvalue weighted by Crippen LogP contribution is 2.26. The molecule has 30 heavy (non-hydrogen) atoms. The molecular formula is C21H26BFN6O. The lowest BCUT2D eigenvalue weighted by Gasteiger charge is -2.35. The summed E-state index contributed by atoms with van der Waals surface area (Å²) in [6, 6.07) is 4.84. The van der Waals surface area contributed by atoms with Crippen molar-refractivity contribution in [2.45, 2.75) is 51.1 Å². The third-order valence-corrected chi connectivity index (χ3v) is 6.24. The monoisotopic (exact) mass is 408 g/mol. The number of aromatic nitrogens is 4. The second-order valence-electron chi connectivity index (χ2n) is 8.27. The molecule has 7 nitrogen and oxygen atoms in total. The van der Waals surface area contributed by atoms with Crippen molar-refractivity contribution in [1.82, 2.24) is 19.5 Å². The number of nitrogens with zero attached hydrogens (tertiary/aromatic N) is 5. The van der Waals surface area contributed by atoms with Gasteiger partial charge in [0.2, 0.25) is 5.95 Å². The van der Waals surface area contributed by atoms with E-state index in [0.29, 0.717) is 17.0 Å². The van der Waals surface area contributed by atoms with Gasteiger partial charge in [0, 0.05) is 25.2 Å². The average molecular weight is 408 g/mol. The molecule has 3 heterocycles. The Morgan fingerprint density at radius 2 is 1.97 bits per heavy atom. The van der Waals surface area contributed by atoms with E-state index in [0.717, 1.165) is 69.6 Å². The number of rotatable bonds is 5. The molecule has 9 heteroatoms. The predicted molar refractivity (Wildman–Crippen MR) is 118 cm³/mol. The summed E-state index contributed by atoms with van der Waals surface area (Å²) in [6.07, 6.45) is 6.07. The van der Waals surface area contributed by atoms with E-state index in [-0.39, 0.29) is 18.0 Å². The zero-order chi connectivity index (χ0) is 20.7. The van der Waals surface area contributed by atoms with Crippen molar-refractivity contribution in [3.05, 3.63) is 30.3 Å². The van der Waals surface area contributed by atoms with Crippen molar-refractivity contribution in [2.75, 3.05) is 23.3 Å². The first-order valence-electron chi connectivity index (χ1n) is 10.9. The Morgan fingerprint density at radius 3 is 2.67 bits per heavy atom. The molecule has 0 atom stereocenters. The number of hydrogen-bond acceptors (Lipinski definition) is 6. The molecule has 0 bridgehead atoms. The number of nitrogens with one attached hydrogen (secondary N) is 1. The van der Waals surface area contributed by atoms with Gasteiger partial charge < -0.3 is 15.3 Å². The minimum atomic E-state index is -0.309. The van der Waals surface area contributed by atoms with Gasteiger partial charge in [-0.05, 0) is 49.7 Å². The summed E-state index contributed by atoms with van der Waals surface area (Å²) in [5.74, 6) is 1.98. The summed E-state index contributed by atoms with van der Waals surface area (Å²) in [4.78, 5) is 16.4. The van der Waals surface area contributed by atoms with Crippen LogP contribution in [0.5, 0.6) is 0 Å². The zero-order valence-electron chi connectivity index (χ0n) is 17.2. The molecule has 156 valence electrons. The fraction of sp³-hybridized carbons (Fsp3) is 0.476. The van der Waals surface area contributed by atoms with Gasteiger partial charge in [0.05, 0.1) is 17.1 Å². The van der Waals surface area contributed by atoms with E-state index in [9.17, 15) is 9.50 Å². The molecule has 3 aromatic rings. The van der Waals surface area contributed by atoms with Crippen LogP contribution in [-0.4, -0.2) is 57.1 Å². The molecule has 2 N–H and O–H groups in total. The van der Waals surface area contributed by atoms with Crippen molar-refractivity contribution in [2.24, 2.45) is 0 Å². The molecule has 5 rings (SSSR count). The molecule has 0 spiro atoms. The smallest absolute Gasteiger partial charge is 0.239 e. The highest BCUT2D eigenvalue weighted by atomic mass is 19.1. The molecule has 1 aliphatic carbocycles. The van der Waals surface area contributed by atoms with E-state index in [4.69, 9.17) is 9.97 Å². The minimum Gasteiger partial charge on any atom is -0.393 e. The maximum atomic E-state index is 13.9. The number of anilines is 2. The quantitative estimate of drug-likeness (QED) is 0.629. The lowest BCUT2D eigenvalue weighted by atomic mass is 9.72. The van der Waals surface area contributed by atoms with E-state index >= 15 is 0 Å². The Hall–Kier alpha value is -2.68. The standard InChI is InChI=1S/C21H26BFN6O/c1-22-18-19(25-14-4-6-15(30)7-5-14)26-21(27-20(18)28-9-2-10-28)29-12-24-16-8-3-13(23)11-17(16)29/h3,8,11-12,14-15,22,30H,2,4-7,9-10H2,1H3,(H,25,26,27). The largest absolute Gasteiger partial charge is 0.393 e. The molecular weight excluding hydrogens is 382 g/mol. The molecule has 1 saturated carbocycles. The third kappa shape index (κ3) is 3.51. The van der Waals surface area contributed by atoms with Crippen LogP contribution in [0, 0.1) is 5.82 Å². The lowest BCUT2D eigenvalue weighted by molar-refractivity contribution is 0.126. The van der Waals surface area contributed by atoms with Crippen molar-refractivity contribution in [3.63, 3.8) is 0 Å². The minimum absolute atomic E-state index is 0.196. The maximum absolute atomic E-state index is 13.9. The van der Waals surface area contributed by atoms with E-state index in [1.807, 2.05) is 0 Å². The second kappa shape index (κ2) is 7.87. The van der Waals surface area contributed by atoms with Gasteiger partial charge in [-0.15, -0.1) is 0 Å². The van der Waals surface area contributed by atoms with E-state index in [1.54, 1.807) is 17.0 Å². The number of halogens is 1. The zero-order valence-corrected chi connectivity index (χ0v) is 17.2. The highest BCUT2D eigenvalue weighted by molar-refractivity contribution is 6.56. The molecule has 1 aromatic carbocycles. The fourth-order valence-electron chi connectivity index (χ4n) is 4.36. The van der Waals surface area contributed by atoms with Crippen molar-refractivity contribution >= 4 is 35.4 Å². The third-order valence-electron chi connectivity index (χ3n) is 6.24. The maximum Gasteiger partial charge on any atom is 0.239 e. The number of fused-ring (bicyclic) bond motifs is 1. The first-order chi connectivity index (χ1) is 14.6. The van der Waals surface area contributed by atoms with Crippen LogP contribution in [0.1, 0.15) is 32.1 Å². The van der Waals surface area contributed by atoms with Gasteiger partial charge in [0.1, 0.15) is 23.8 Å². The predicted octanol–water partition coefficient (Wildman–Crippen LogP) is 1.99. The fourth-order valence-corrected chi connectivity index (χ4v) is 4.36. The van der Waals surface area contributed by atoms with Gasteiger partial charge in [-0.1, -0.05) is 6.82 Å². The van der Waals surface area contributed by atoms with E-state index < -0.39 is 0 Å². The van der Waals surface area contributed by atoms with Gasteiger partial charge >= 0.3 is 0 Å². The summed E-state index contributed by atoms with van der Waals surface area (Å²) in [5, 5.41) is 13.5. The number of aliphatic hydroxyl groups is 1. The van der Waals surface area contributed by atoms with Crippen LogP contribution in [-0.2, 0) is 0 Å². The van der Waals surface area contributed by atoms with Crippen LogP contribution in [0.3, 0.4) is 0 Å². The molecule has 2 aromatic heterocycles. The van der Waals surface area contributed by atoms with Crippen molar-refractivity contribution in [1.29, 1.82) is 0 Å². The van der Waals surface area contributed by atoms with Crippen LogP contribution < -0.4 is 15.7 Å². The summed E-state index contributed by atoms with van der Waals surface area (Å²) >= 11 is 0. The Kier molecular flexibility index (Phi) is 5.06. The van der Waals surface area contributed by atoms with Gasteiger partial charge in [0.15, 0.2) is 7.28 Å². The van der Waals surface area contributed by atoms with Crippen molar-refractivity contribution < 1.29 is 9.50 Å². The molecule has 0 amide bonds. The van der Waals surface area contributed by atoms with Crippen LogP contribution in [0.15, 0.2) is 24.5 Å². The first kappa shape index (κ1) is 19.3. The van der Waals surface area contributed by atoms with Crippen LogP contribution in [0.2, 0.25) is 6.82 Å². The number of benzene rings is 1. The van der Waals surface area contributed by atoms with Crippen LogP contribution in [0.25, 0.3) is 17.0 Å². The summed E-state index contributed by atoms with van der Waals surface area (Å²) in [6.45, 7) is 4.09. The molecule has 2 aliphatic rings. The lowest BCUT2D eigenvalue weighted by Crippen LogP contribution is -2.43. The summed E-state index contributed by atoms with van der Waals surface area (Å²) < 4.78 is 15.7. The highest BCUT2D eigenvalue weighted by Gasteiger charge is 2.26. The molecule has 0 unspecified atom stereocenters. The first-order valence-corrected chi connectivity index (χ1v) is 10.9. The Morgan fingerprint density at radius 1 is 1.17 bits per heavy atom. The Labute approximate surface area is 175 Å². The van der Waals surface area contributed by atoms with Crippen molar-refractivity contribution in [3.8, 4) is 5.95 Å². The van der Waals surface area contributed by atoms with Crippen LogP contribution in [0.4, 0.5) is 16.0 Å². The van der Waals surface area contributed by atoms with Gasteiger partial charge in [-0.3, -0.25) is 4.57 Å². The SMILES string of the molecule is CBc1c(NC2CCC(O)CC2)nc(-n2cnc3ccc(F)cc32)nc1N1CCC1. The topological polar surface area (TPSA) is 79.1 Å². The summed E-state index contributed by atoms with van der Waals surface area (Å²) in [7, 11) is 0.823. The van der Waals surface area contributed by atoms with Crippen LogP contribution >= 0.6 is 0 Å². The van der Waals surface area contributed by atoms with Gasteiger partial charge in [-0.2, -0.15) is 9.97 Å². The molecule has 0 radical (unpaired) electrons. The Bertz CT molecular complexity index is 1060. The van der Waals surface area contributed by atoms with E-state index in [1.165, 1.54) is 12.1 Å². The second-order valence-corrected chi connectivity index (χ2v) is 8.27. The number of aliphatic hydroxyl groups excluding tert-OH is 1. The molecule has 1 saturated heterocycles. The summed E-state index contributed by atoms with van der Waals surface area (Å²) in [5.41, 5.74) is 2.47. The molecule has 2 fully saturated rings. The Balaban J connectivity index is 1.59. The number of imidazole rings is 1. The van der Waals surface area contributed by atoms with Gasteiger partial charge in [0.25, 0.3) is 0 Å². The normalized spacial score (nSPS) is 21.5.